The molecule has 1 N–H and O–H groups in total. The lowest BCUT2D eigenvalue weighted by Gasteiger charge is -2.30. The molecule has 1 amide bonds. The molecule has 1 fully saturated rings. The summed E-state index contributed by atoms with van der Waals surface area (Å²) in [5.74, 6) is -0.368. The summed E-state index contributed by atoms with van der Waals surface area (Å²) in [6.07, 6.45) is 1.42. The van der Waals surface area contributed by atoms with Crippen molar-refractivity contribution < 1.29 is 13.2 Å². The zero-order valence-corrected chi connectivity index (χ0v) is 16.8. The van der Waals surface area contributed by atoms with Crippen molar-refractivity contribution in [1.82, 2.24) is 9.62 Å². The molecular weight excluding hydrogens is 432 g/mol. The Bertz CT molecular complexity index is 802. The summed E-state index contributed by atoms with van der Waals surface area (Å²) in [5.41, 5.74) is 0. The van der Waals surface area contributed by atoms with Crippen LogP contribution in [0.4, 0.5) is 0 Å². The van der Waals surface area contributed by atoms with Crippen molar-refractivity contribution in [2.24, 2.45) is 5.92 Å². The van der Waals surface area contributed by atoms with Crippen LogP contribution >= 0.6 is 38.6 Å². The Kier molecular flexibility index (Phi) is 5.76. The average molecular weight is 449 g/mol. The molecule has 24 heavy (non-hydrogen) atoms. The number of carbonyl (C=O) groups is 1. The number of piperidine rings is 1. The maximum atomic E-state index is 12.7. The van der Waals surface area contributed by atoms with Crippen molar-refractivity contribution in [3.05, 3.63) is 38.3 Å². The summed E-state index contributed by atoms with van der Waals surface area (Å²) in [7, 11) is -3.52. The van der Waals surface area contributed by atoms with Gasteiger partial charge in [-0.2, -0.15) is 4.31 Å². The molecule has 2 aromatic heterocycles. The van der Waals surface area contributed by atoms with Gasteiger partial charge in [0.2, 0.25) is 5.91 Å². The minimum atomic E-state index is -3.52. The number of thiophene rings is 2. The molecule has 0 aromatic carbocycles. The van der Waals surface area contributed by atoms with E-state index in [2.05, 4.69) is 21.2 Å². The smallest absolute Gasteiger partial charge is 0.252 e. The highest BCUT2D eigenvalue weighted by Crippen LogP contribution is 2.30. The molecule has 0 bridgehead atoms. The van der Waals surface area contributed by atoms with Crippen LogP contribution in [0, 0.1) is 5.92 Å². The topological polar surface area (TPSA) is 66.5 Å². The highest BCUT2D eigenvalue weighted by Gasteiger charge is 2.33. The lowest BCUT2D eigenvalue weighted by molar-refractivity contribution is -0.126. The Hall–Kier alpha value is -0.740. The van der Waals surface area contributed by atoms with Crippen LogP contribution in [0.2, 0.25) is 0 Å². The van der Waals surface area contributed by atoms with Gasteiger partial charge in [-0.1, -0.05) is 6.07 Å². The van der Waals surface area contributed by atoms with Gasteiger partial charge in [0.05, 0.1) is 16.2 Å². The molecule has 1 aliphatic heterocycles. The second kappa shape index (κ2) is 7.65. The Morgan fingerprint density at radius 3 is 2.88 bits per heavy atom. The zero-order chi connectivity index (χ0) is 17.2. The Morgan fingerprint density at radius 1 is 1.38 bits per heavy atom. The zero-order valence-electron chi connectivity index (χ0n) is 12.8. The third-order valence-electron chi connectivity index (χ3n) is 3.91. The van der Waals surface area contributed by atoms with Gasteiger partial charge in [-0.25, -0.2) is 8.42 Å². The van der Waals surface area contributed by atoms with Crippen LogP contribution < -0.4 is 5.32 Å². The number of hydrogen-bond donors (Lipinski definition) is 1. The molecule has 1 atom stereocenters. The lowest BCUT2D eigenvalue weighted by Crippen LogP contribution is -2.45. The van der Waals surface area contributed by atoms with Crippen LogP contribution in [-0.2, 0) is 21.4 Å². The van der Waals surface area contributed by atoms with Gasteiger partial charge in [-0.05, 0) is 52.4 Å². The van der Waals surface area contributed by atoms with E-state index >= 15 is 0 Å². The summed E-state index contributed by atoms with van der Waals surface area (Å²) in [5, 5.41) is 4.88. The van der Waals surface area contributed by atoms with Gasteiger partial charge >= 0.3 is 0 Å². The molecule has 0 radical (unpaired) electrons. The fourth-order valence-corrected chi connectivity index (χ4v) is 7.00. The highest BCUT2D eigenvalue weighted by atomic mass is 79.9. The van der Waals surface area contributed by atoms with E-state index in [-0.39, 0.29) is 18.4 Å². The third kappa shape index (κ3) is 4.08. The molecule has 0 spiro atoms. The van der Waals surface area contributed by atoms with E-state index in [4.69, 9.17) is 0 Å². The van der Waals surface area contributed by atoms with Gasteiger partial charge in [0.25, 0.3) is 10.0 Å². The molecule has 1 saturated heterocycles. The van der Waals surface area contributed by atoms with Crippen LogP contribution in [0.1, 0.15) is 17.7 Å². The van der Waals surface area contributed by atoms with Crippen LogP contribution in [0.3, 0.4) is 0 Å². The molecule has 3 rings (SSSR count). The summed E-state index contributed by atoms with van der Waals surface area (Å²) in [6.45, 7) is 1.21. The van der Waals surface area contributed by atoms with Gasteiger partial charge in [-0.3, -0.25) is 4.79 Å². The monoisotopic (exact) mass is 448 g/mol. The summed E-state index contributed by atoms with van der Waals surface area (Å²) >= 11 is 6.08. The summed E-state index contributed by atoms with van der Waals surface area (Å²) < 4.78 is 27.9. The molecule has 0 saturated carbocycles. The van der Waals surface area contributed by atoms with Gasteiger partial charge in [0.1, 0.15) is 4.21 Å². The second-order valence-electron chi connectivity index (χ2n) is 5.56. The number of hydrogen-bond acceptors (Lipinski definition) is 5. The number of nitrogens with zero attached hydrogens (tertiary/aromatic N) is 1. The minimum absolute atomic E-state index is 0.0735. The molecule has 9 heteroatoms. The van der Waals surface area contributed by atoms with Crippen LogP contribution in [0.15, 0.2) is 37.6 Å². The highest BCUT2D eigenvalue weighted by molar-refractivity contribution is 9.11. The first-order chi connectivity index (χ1) is 11.5. The van der Waals surface area contributed by atoms with Crippen molar-refractivity contribution >= 4 is 54.5 Å². The second-order valence-corrected chi connectivity index (χ2v) is 11.2. The Balaban J connectivity index is 1.64. The van der Waals surface area contributed by atoms with E-state index in [1.54, 1.807) is 23.5 Å². The predicted octanol–water partition coefficient (Wildman–Crippen LogP) is 3.29. The summed E-state index contributed by atoms with van der Waals surface area (Å²) in [4.78, 5) is 13.5. The Labute approximate surface area is 157 Å². The van der Waals surface area contributed by atoms with E-state index in [1.807, 2.05) is 17.5 Å². The molecular formula is C15H17BrN2O3S3. The van der Waals surface area contributed by atoms with Crippen molar-refractivity contribution in [3.63, 3.8) is 0 Å². The largest absolute Gasteiger partial charge is 0.351 e. The molecule has 130 valence electrons. The normalized spacial score (nSPS) is 19.3. The molecule has 2 aromatic rings. The van der Waals surface area contributed by atoms with Gasteiger partial charge < -0.3 is 5.32 Å². The molecule has 1 aliphatic rings. The van der Waals surface area contributed by atoms with E-state index in [9.17, 15) is 13.2 Å². The quantitative estimate of drug-likeness (QED) is 0.762. The number of sulfonamides is 1. The predicted molar refractivity (Wildman–Crippen MR) is 99.7 cm³/mol. The van der Waals surface area contributed by atoms with Crippen LogP contribution in [-0.4, -0.2) is 31.7 Å². The van der Waals surface area contributed by atoms with Crippen molar-refractivity contribution in [1.29, 1.82) is 0 Å². The number of carbonyl (C=O) groups excluding carboxylic acids is 1. The maximum Gasteiger partial charge on any atom is 0.252 e. The first kappa shape index (κ1) is 18.1. The van der Waals surface area contributed by atoms with E-state index in [1.165, 1.54) is 15.6 Å². The standard InChI is InChI=1S/C15H17BrN2O3S3/c16-13-5-6-14(23-13)24(20,21)18-7-1-3-11(10-18)15(19)17-9-12-4-2-8-22-12/h2,4-6,8,11H,1,3,7,9-10H2,(H,17,19)/t11-/m0/s1. The minimum Gasteiger partial charge on any atom is -0.351 e. The van der Waals surface area contributed by atoms with Gasteiger partial charge in [-0.15, -0.1) is 22.7 Å². The molecule has 3 heterocycles. The average Bonchev–Trinajstić information content (AvgIpc) is 3.24. The lowest BCUT2D eigenvalue weighted by atomic mass is 9.99. The van der Waals surface area contributed by atoms with E-state index < -0.39 is 10.0 Å². The van der Waals surface area contributed by atoms with Crippen molar-refractivity contribution in [2.75, 3.05) is 13.1 Å². The van der Waals surface area contributed by atoms with Crippen LogP contribution in [0.5, 0.6) is 0 Å². The fourth-order valence-electron chi connectivity index (χ4n) is 2.67. The third-order valence-corrected chi connectivity index (χ3v) is 8.75. The summed E-state index contributed by atoms with van der Waals surface area (Å²) in [6, 6.07) is 7.24. The van der Waals surface area contributed by atoms with Gasteiger partial charge in [0.15, 0.2) is 0 Å². The Morgan fingerprint density at radius 2 is 2.21 bits per heavy atom. The SMILES string of the molecule is O=C(NCc1cccs1)[C@H]1CCCN(S(=O)(=O)c2ccc(Br)s2)C1. The van der Waals surface area contributed by atoms with E-state index in [0.717, 1.165) is 15.1 Å². The number of rotatable bonds is 5. The fraction of sp³-hybridized carbons (Fsp3) is 0.400. The number of nitrogens with one attached hydrogen (secondary N) is 1. The van der Waals surface area contributed by atoms with E-state index in [0.29, 0.717) is 23.7 Å². The molecule has 5 nitrogen and oxygen atoms in total. The van der Waals surface area contributed by atoms with Crippen molar-refractivity contribution in [2.45, 2.75) is 23.6 Å². The molecule has 0 unspecified atom stereocenters. The van der Waals surface area contributed by atoms with Crippen molar-refractivity contribution in [3.8, 4) is 0 Å². The molecule has 0 aliphatic carbocycles. The number of halogens is 1. The van der Waals surface area contributed by atoms with Crippen LogP contribution in [0.25, 0.3) is 0 Å². The first-order valence-corrected chi connectivity index (χ1v) is 11.5. The van der Waals surface area contributed by atoms with Gasteiger partial charge in [0, 0.05) is 18.0 Å². The first-order valence-electron chi connectivity index (χ1n) is 7.52. The maximum absolute atomic E-state index is 12.7. The number of amides is 1.